The summed E-state index contributed by atoms with van der Waals surface area (Å²) in [5.74, 6) is 0.458. The lowest BCUT2D eigenvalue weighted by Crippen LogP contribution is -2.44. The predicted molar refractivity (Wildman–Crippen MR) is 76.6 cm³/mol. The molecule has 1 fully saturated rings. The van der Waals surface area contributed by atoms with E-state index in [0.717, 1.165) is 11.4 Å². The Kier molecular flexibility index (Phi) is 4.38. The van der Waals surface area contributed by atoms with E-state index < -0.39 is 0 Å². The van der Waals surface area contributed by atoms with Crippen molar-refractivity contribution in [2.24, 2.45) is 5.92 Å². The minimum Gasteiger partial charge on any atom is -0.376 e. The van der Waals surface area contributed by atoms with Gasteiger partial charge in [0.2, 0.25) is 0 Å². The van der Waals surface area contributed by atoms with Crippen molar-refractivity contribution in [3.63, 3.8) is 0 Å². The fourth-order valence-corrected chi connectivity index (χ4v) is 2.40. The van der Waals surface area contributed by atoms with E-state index in [1.807, 2.05) is 13.8 Å². The number of aromatic nitrogens is 2. The van der Waals surface area contributed by atoms with Crippen LogP contribution < -0.4 is 5.32 Å². The molecular formula is C15H23N3O2. The number of nitrogens with one attached hydrogen (secondary N) is 1. The highest BCUT2D eigenvalue weighted by molar-refractivity contribution is 5.95. The minimum absolute atomic E-state index is 0.0937. The van der Waals surface area contributed by atoms with Gasteiger partial charge in [-0.25, -0.2) is 0 Å². The summed E-state index contributed by atoms with van der Waals surface area (Å²) in [5.41, 5.74) is 1.84. The first-order chi connectivity index (χ1) is 9.50. The summed E-state index contributed by atoms with van der Waals surface area (Å²) in [6, 6.07) is 1.79. The smallest absolute Gasteiger partial charge is 0.253 e. The van der Waals surface area contributed by atoms with Gasteiger partial charge in [-0.15, -0.1) is 0 Å². The van der Waals surface area contributed by atoms with Crippen LogP contribution in [0.5, 0.6) is 0 Å². The number of rotatable bonds is 6. The molecule has 1 aromatic rings. The van der Waals surface area contributed by atoms with Crippen LogP contribution in [0.25, 0.3) is 0 Å². The Morgan fingerprint density at radius 3 is 2.75 bits per heavy atom. The molecule has 0 aromatic carbocycles. The Morgan fingerprint density at radius 1 is 1.50 bits per heavy atom. The van der Waals surface area contributed by atoms with Gasteiger partial charge in [0.25, 0.3) is 5.91 Å². The summed E-state index contributed by atoms with van der Waals surface area (Å²) in [6.45, 7) is 6.39. The first-order valence-electron chi connectivity index (χ1n) is 7.16. The first kappa shape index (κ1) is 14.9. The lowest BCUT2D eigenvalue weighted by atomic mass is 10.00. The molecule has 5 heteroatoms. The molecule has 1 unspecified atom stereocenters. The molecule has 0 saturated heterocycles. The molecule has 2 rings (SSSR count). The zero-order chi connectivity index (χ0) is 14.8. The van der Waals surface area contributed by atoms with Crippen molar-refractivity contribution < 1.29 is 9.53 Å². The standard InChI is InChI=1S/C15H23N3O2/c1-5-13-12(8-10(2)17-18-13)14(19)16-9-15(3,20-4)11-6-7-11/h8,11H,5-7,9H2,1-4H3,(H,16,19). The van der Waals surface area contributed by atoms with Crippen molar-refractivity contribution in [3.8, 4) is 0 Å². The van der Waals surface area contributed by atoms with E-state index in [-0.39, 0.29) is 11.5 Å². The van der Waals surface area contributed by atoms with Gasteiger partial charge in [-0.2, -0.15) is 10.2 Å². The van der Waals surface area contributed by atoms with Crippen molar-refractivity contribution in [2.45, 2.75) is 45.6 Å². The molecule has 1 saturated carbocycles. The molecule has 20 heavy (non-hydrogen) atoms. The van der Waals surface area contributed by atoms with Gasteiger partial charge in [0.05, 0.1) is 22.6 Å². The maximum atomic E-state index is 12.3. The van der Waals surface area contributed by atoms with E-state index in [1.165, 1.54) is 12.8 Å². The van der Waals surface area contributed by atoms with E-state index in [0.29, 0.717) is 24.4 Å². The zero-order valence-electron chi connectivity index (χ0n) is 12.7. The molecule has 0 radical (unpaired) electrons. The fraction of sp³-hybridized carbons (Fsp3) is 0.667. The molecule has 1 aromatic heterocycles. The summed E-state index contributed by atoms with van der Waals surface area (Å²) < 4.78 is 5.59. The number of hydrogen-bond donors (Lipinski definition) is 1. The van der Waals surface area contributed by atoms with Crippen LogP contribution in [0.2, 0.25) is 0 Å². The summed E-state index contributed by atoms with van der Waals surface area (Å²) in [5, 5.41) is 11.1. The van der Waals surface area contributed by atoms with Gasteiger partial charge < -0.3 is 10.1 Å². The Bertz CT molecular complexity index is 500. The molecule has 1 aliphatic rings. The maximum Gasteiger partial charge on any atom is 0.253 e. The van der Waals surface area contributed by atoms with Crippen molar-refractivity contribution in [1.82, 2.24) is 15.5 Å². The van der Waals surface area contributed by atoms with Gasteiger partial charge in [0.15, 0.2) is 0 Å². The summed E-state index contributed by atoms with van der Waals surface area (Å²) in [4.78, 5) is 12.3. The lowest BCUT2D eigenvalue weighted by molar-refractivity contribution is -0.0112. The van der Waals surface area contributed by atoms with Crippen LogP contribution in [-0.2, 0) is 11.2 Å². The number of ether oxygens (including phenoxy) is 1. The zero-order valence-corrected chi connectivity index (χ0v) is 12.7. The number of hydrogen-bond acceptors (Lipinski definition) is 4. The Morgan fingerprint density at radius 2 is 2.20 bits per heavy atom. The van der Waals surface area contributed by atoms with Crippen LogP contribution in [-0.4, -0.2) is 35.4 Å². The highest BCUT2D eigenvalue weighted by Gasteiger charge is 2.42. The van der Waals surface area contributed by atoms with Crippen molar-refractivity contribution in [3.05, 3.63) is 23.0 Å². The second-order valence-corrected chi connectivity index (χ2v) is 5.67. The quantitative estimate of drug-likeness (QED) is 0.862. The summed E-state index contributed by atoms with van der Waals surface area (Å²) >= 11 is 0. The van der Waals surface area contributed by atoms with Crippen LogP contribution in [0.3, 0.4) is 0 Å². The predicted octanol–water partition coefficient (Wildman–Crippen LogP) is 1.89. The topological polar surface area (TPSA) is 64.1 Å². The molecule has 0 bridgehead atoms. The molecule has 1 amide bonds. The molecule has 0 aliphatic heterocycles. The number of carbonyl (C=O) groups excluding carboxylic acids is 1. The van der Waals surface area contributed by atoms with Crippen molar-refractivity contribution in [2.75, 3.05) is 13.7 Å². The second-order valence-electron chi connectivity index (χ2n) is 5.67. The largest absolute Gasteiger partial charge is 0.376 e. The minimum atomic E-state index is -0.266. The van der Waals surface area contributed by atoms with Crippen molar-refractivity contribution in [1.29, 1.82) is 0 Å². The van der Waals surface area contributed by atoms with E-state index in [9.17, 15) is 4.79 Å². The van der Waals surface area contributed by atoms with E-state index in [1.54, 1.807) is 13.2 Å². The number of nitrogens with zero attached hydrogens (tertiary/aromatic N) is 2. The number of carbonyl (C=O) groups is 1. The SMILES string of the molecule is CCc1nnc(C)cc1C(=O)NCC(C)(OC)C1CC1. The third-order valence-electron chi connectivity index (χ3n) is 4.08. The third-order valence-corrected chi connectivity index (χ3v) is 4.08. The van der Waals surface area contributed by atoms with Crippen LogP contribution >= 0.6 is 0 Å². The van der Waals surface area contributed by atoms with Crippen LogP contribution in [0.4, 0.5) is 0 Å². The van der Waals surface area contributed by atoms with Gasteiger partial charge in [-0.05, 0) is 45.1 Å². The number of amides is 1. The monoisotopic (exact) mass is 277 g/mol. The normalized spacial score (nSPS) is 17.6. The molecule has 1 aliphatic carbocycles. The average Bonchev–Trinajstić information content (AvgIpc) is 3.29. The molecule has 110 valence electrons. The summed E-state index contributed by atoms with van der Waals surface area (Å²) in [6.07, 6.45) is 3.05. The van der Waals surface area contributed by atoms with E-state index >= 15 is 0 Å². The van der Waals surface area contributed by atoms with E-state index in [2.05, 4.69) is 22.4 Å². The maximum absolute atomic E-state index is 12.3. The molecule has 1 heterocycles. The fourth-order valence-electron chi connectivity index (χ4n) is 2.40. The van der Waals surface area contributed by atoms with Gasteiger partial charge in [-0.3, -0.25) is 4.79 Å². The van der Waals surface area contributed by atoms with Crippen LogP contribution in [0.15, 0.2) is 6.07 Å². The van der Waals surface area contributed by atoms with Gasteiger partial charge in [0.1, 0.15) is 0 Å². The number of methoxy groups -OCH3 is 1. The summed E-state index contributed by atoms with van der Waals surface area (Å²) in [7, 11) is 1.71. The molecule has 5 nitrogen and oxygen atoms in total. The van der Waals surface area contributed by atoms with E-state index in [4.69, 9.17) is 4.74 Å². The van der Waals surface area contributed by atoms with Crippen LogP contribution in [0.1, 0.15) is 48.4 Å². The molecule has 1 atom stereocenters. The average molecular weight is 277 g/mol. The lowest BCUT2D eigenvalue weighted by Gasteiger charge is -2.28. The molecule has 1 N–H and O–H groups in total. The number of aryl methyl sites for hydroxylation is 2. The Labute approximate surface area is 120 Å². The Balaban J connectivity index is 2.06. The second kappa shape index (κ2) is 5.87. The highest BCUT2D eigenvalue weighted by Crippen LogP contribution is 2.41. The van der Waals surface area contributed by atoms with Gasteiger partial charge in [0, 0.05) is 13.7 Å². The van der Waals surface area contributed by atoms with Gasteiger partial charge in [-0.1, -0.05) is 6.92 Å². The van der Waals surface area contributed by atoms with Crippen molar-refractivity contribution >= 4 is 5.91 Å². The third kappa shape index (κ3) is 3.15. The van der Waals surface area contributed by atoms with Crippen LogP contribution in [0, 0.1) is 12.8 Å². The molecule has 0 spiro atoms. The highest BCUT2D eigenvalue weighted by atomic mass is 16.5. The Hall–Kier alpha value is -1.49. The molecular weight excluding hydrogens is 254 g/mol. The van der Waals surface area contributed by atoms with Gasteiger partial charge >= 0.3 is 0 Å². The first-order valence-corrected chi connectivity index (χ1v) is 7.16.